The van der Waals surface area contributed by atoms with Crippen molar-refractivity contribution in [1.29, 1.82) is 0 Å². The minimum absolute atomic E-state index is 0.0835. The Hall–Kier alpha value is -1.51. The summed E-state index contributed by atoms with van der Waals surface area (Å²) >= 11 is 0.154. The third-order valence-electron chi connectivity index (χ3n) is 2.88. The third-order valence-corrected chi connectivity index (χ3v) is 5.25. The van der Waals surface area contributed by atoms with Crippen LogP contribution in [0.4, 0.5) is 4.39 Å². The molecule has 106 valence electrons. The minimum atomic E-state index is -0.871. The van der Waals surface area contributed by atoms with Crippen molar-refractivity contribution in [2.45, 2.75) is 17.9 Å². The van der Waals surface area contributed by atoms with Crippen molar-refractivity contribution >= 4 is 19.4 Å². The van der Waals surface area contributed by atoms with Crippen LogP contribution in [-0.4, -0.2) is 33.3 Å². The van der Waals surface area contributed by atoms with Gasteiger partial charge >= 0.3 is 124 Å². The van der Waals surface area contributed by atoms with Gasteiger partial charge in [-0.3, -0.25) is 0 Å². The van der Waals surface area contributed by atoms with Gasteiger partial charge in [-0.15, -0.1) is 0 Å². The monoisotopic (exact) mass is 340 g/mol. The number of phenolic OH excluding ortho intramolecular Hbond substituents is 1. The Morgan fingerprint density at radius 1 is 1.20 bits per heavy atom. The third kappa shape index (κ3) is 4.26. The zero-order valence-electron chi connectivity index (χ0n) is 11.3. The molecule has 0 amide bonds. The number of rotatable bonds is 6. The summed E-state index contributed by atoms with van der Waals surface area (Å²) in [5, 5.41) is 10.1. The predicted molar refractivity (Wildman–Crippen MR) is 79.9 cm³/mol. The molecule has 2 nitrogen and oxygen atoms in total. The van der Waals surface area contributed by atoms with Crippen LogP contribution in [0.25, 0.3) is 0 Å². The van der Waals surface area contributed by atoms with Crippen LogP contribution in [-0.2, 0) is 6.42 Å². The number of hydrogen-bond acceptors (Lipinski definition) is 2. The first kappa shape index (κ1) is 14.9. The maximum atomic E-state index is 14.0. The number of ether oxygens (including phenoxy) is 1. The Morgan fingerprint density at radius 3 is 2.65 bits per heavy atom. The zero-order chi connectivity index (χ0) is 14.4. The van der Waals surface area contributed by atoms with Gasteiger partial charge in [-0.25, -0.2) is 0 Å². The molecule has 0 saturated carbocycles. The molecule has 4 heteroatoms. The van der Waals surface area contributed by atoms with E-state index in [0.717, 1.165) is 5.56 Å². The maximum absolute atomic E-state index is 14.0. The van der Waals surface area contributed by atoms with Crippen molar-refractivity contribution in [2.24, 2.45) is 0 Å². The van der Waals surface area contributed by atoms with E-state index in [-0.39, 0.29) is 20.7 Å². The molecule has 0 aliphatic rings. The normalized spacial score (nSPS) is 12.1. The summed E-state index contributed by atoms with van der Waals surface area (Å²) in [7, 11) is 1.49. The Morgan fingerprint density at radius 2 is 1.95 bits per heavy atom. The van der Waals surface area contributed by atoms with Gasteiger partial charge in [0.2, 0.25) is 0 Å². The number of methoxy groups -OCH3 is 1. The molecule has 0 fully saturated rings. The van der Waals surface area contributed by atoms with Crippen molar-refractivity contribution in [3.05, 3.63) is 54.1 Å². The molecule has 2 rings (SSSR count). The molecule has 2 aromatic carbocycles. The van der Waals surface area contributed by atoms with Crippen LogP contribution in [0, 0.1) is 0 Å². The molecule has 0 radical (unpaired) electrons. The standard InChI is InChI=1S/C16H17FO2Se/c1-19-16-10-12(7-8-15(16)18)9-13(17)11-20-14-5-3-2-4-6-14/h2-8,10,13,18H,9,11H2,1H3. The summed E-state index contributed by atoms with van der Waals surface area (Å²) in [5.41, 5.74) is 0.844. The summed E-state index contributed by atoms with van der Waals surface area (Å²) in [5.74, 6) is 0.475. The fourth-order valence-electron chi connectivity index (χ4n) is 1.87. The molecule has 0 spiro atoms. The molecule has 2 aromatic rings. The quantitative estimate of drug-likeness (QED) is 0.820. The number of halogens is 1. The van der Waals surface area contributed by atoms with Gasteiger partial charge in [0.25, 0.3) is 0 Å². The molecule has 0 saturated heterocycles. The van der Waals surface area contributed by atoms with Crippen molar-refractivity contribution in [1.82, 2.24) is 0 Å². The second kappa shape index (κ2) is 7.32. The number of phenols is 1. The van der Waals surface area contributed by atoms with Crippen LogP contribution < -0.4 is 9.20 Å². The number of hydrogen-bond donors (Lipinski definition) is 1. The van der Waals surface area contributed by atoms with Crippen LogP contribution >= 0.6 is 0 Å². The van der Waals surface area contributed by atoms with Gasteiger partial charge in [0.15, 0.2) is 0 Å². The number of aromatic hydroxyl groups is 1. The fraction of sp³-hybridized carbons (Fsp3) is 0.250. The van der Waals surface area contributed by atoms with Crippen molar-refractivity contribution in [3.63, 3.8) is 0 Å². The number of alkyl halides is 1. The van der Waals surface area contributed by atoms with Gasteiger partial charge in [0, 0.05) is 0 Å². The van der Waals surface area contributed by atoms with E-state index in [1.54, 1.807) is 18.2 Å². The zero-order valence-corrected chi connectivity index (χ0v) is 13.0. The Labute approximate surface area is 124 Å². The molecule has 0 aromatic heterocycles. The van der Waals surface area contributed by atoms with Crippen LogP contribution in [0.3, 0.4) is 0 Å². The molecule has 0 bridgehead atoms. The summed E-state index contributed by atoms with van der Waals surface area (Å²) in [6.45, 7) is 0. The van der Waals surface area contributed by atoms with Gasteiger partial charge in [-0.2, -0.15) is 0 Å². The molecule has 1 unspecified atom stereocenters. The topological polar surface area (TPSA) is 29.5 Å². The first-order valence-corrected chi connectivity index (χ1v) is 8.43. The van der Waals surface area contributed by atoms with Gasteiger partial charge in [-0.1, -0.05) is 0 Å². The average Bonchev–Trinajstić information content (AvgIpc) is 2.48. The molecule has 0 aliphatic carbocycles. The van der Waals surface area contributed by atoms with E-state index in [1.165, 1.54) is 11.6 Å². The van der Waals surface area contributed by atoms with Crippen LogP contribution in [0.5, 0.6) is 11.5 Å². The van der Waals surface area contributed by atoms with E-state index in [1.807, 2.05) is 30.3 Å². The van der Waals surface area contributed by atoms with Gasteiger partial charge in [-0.05, 0) is 0 Å². The Bertz CT molecular complexity index is 545. The second-order valence-electron chi connectivity index (χ2n) is 4.43. The molecular weight excluding hydrogens is 322 g/mol. The molecular formula is C16H17FO2Se. The molecule has 20 heavy (non-hydrogen) atoms. The first-order valence-electron chi connectivity index (χ1n) is 6.37. The van der Waals surface area contributed by atoms with Crippen LogP contribution in [0.15, 0.2) is 48.5 Å². The summed E-state index contributed by atoms with van der Waals surface area (Å²) in [6.07, 6.45) is -0.518. The van der Waals surface area contributed by atoms with Crippen molar-refractivity contribution in [3.8, 4) is 11.5 Å². The summed E-state index contributed by atoms with van der Waals surface area (Å²) < 4.78 is 20.3. The van der Waals surface area contributed by atoms with Crippen LogP contribution in [0.2, 0.25) is 5.32 Å². The Balaban J connectivity index is 1.89. The van der Waals surface area contributed by atoms with Gasteiger partial charge in [0.05, 0.1) is 0 Å². The van der Waals surface area contributed by atoms with E-state index in [2.05, 4.69) is 0 Å². The molecule has 1 N–H and O–H groups in total. The fourth-order valence-corrected chi connectivity index (χ4v) is 3.63. The SMILES string of the molecule is COc1cc(CC(F)C[Se]c2ccccc2)ccc1O. The predicted octanol–water partition coefficient (Wildman–Crippen LogP) is 2.73. The van der Waals surface area contributed by atoms with Crippen molar-refractivity contribution < 1.29 is 14.2 Å². The first-order chi connectivity index (χ1) is 9.69. The van der Waals surface area contributed by atoms with Gasteiger partial charge in [0.1, 0.15) is 0 Å². The summed E-state index contributed by atoms with van der Waals surface area (Å²) in [6, 6.07) is 15.0. The molecule has 0 aliphatic heterocycles. The van der Waals surface area contributed by atoms with E-state index in [4.69, 9.17) is 4.74 Å². The molecule has 0 heterocycles. The van der Waals surface area contributed by atoms with E-state index >= 15 is 0 Å². The van der Waals surface area contributed by atoms with E-state index < -0.39 is 6.17 Å². The van der Waals surface area contributed by atoms with Gasteiger partial charge < -0.3 is 0 Å². The van der Waals surface area contributed by atoms with E-state index in [0.29, 0.717) is 17.5 Å². The average molecular weight is 339 g/mol. The summed E-state index contributed by atoms with van der Waals surface area (Å²) in [4.78, 5) is 0. The second-order valence-corrected chi connectivity index (χ2v) is 6.73. The molecule has 1 atom stereocenters. The Kier molecular flexibility index (Phi) is 5.45. The van der Waals surface area contributed by atoms with E-state index in [9.17, 15) is 9.50 Å². The van der Waals surface area contributed by atoms with Crippen molar-refractivity contribution in [2.75, 3.05) is 7.11 Å². The van der Waals surface area contributed by atoms with Crippen LogP contribution in [0.1, 0.15) is 5.56 Å². The number of benzene rings is 2.